The van der Waals surface area contributed by atoms with Gasteiger partial charge in [0.1, 0.15) is 5.75 Å². The predicted octanol–water partition coefficient (Wildman–Crippen LogP) is 4.99. The van der Waals surface area contributed by atoms with Crippen molar-refractivity contribution in [1.82, 2.24) is 0 Å². The number of rotatable bonds is 7. The normalized spacial score (nSPS) is 12.2. The van der Waals surface area contributed by atoms with Crippen LogP contribution in [0.5, 0.6) is 5.75 Å². The molecule has 0 heterocycles. The van der Waals surface area contributed by atoms with Gasteiger partial charge in [0.05, 0.1) is 6.10 Å². The maximum Gasteiger partial charge on any atom is 0.120 e. The second kappa shape index (κ2) is 7.16. The Bertz CT molecular complexity index is 355. The fourth-order valence-corrected chi connectivity index (χ4v) is 1.88. The van der Waals surface area contributed by atoms with E-state index in [2.05, 4.69) is 39.5 Å². The van der Waals surface area contributed by atoms with Gasteiger partial charge in [-0.1, -0.05) is 38.5 Å². The zero-order valence-corrected chi connectivity index (χ0v) is 11.3. The Morgan fingerprint density at radius 1 is 1.35 bits per heavy atom. The van der Waals surface area contributed by atoms with Crippen LogP contribution in [0, 0.1) is 6.92 Å². The van der Waals surface area contributed by atoms with E-state index in [0.717, 1.165) is 17.7 Å². The van der Waals surface area contributed by atoms with E-state index >= 15 is 0 Å². The molecule has 0 fully saturated rings. The molecule has 1 heteroatoms. The summed E-state index contributed by atoms with van der Waals surface area (Å²) in [6, 6.07) is 6.20. The van der Waals surface area contributed by atoms with E-state index in [0.29, 0.717) is 6.10 Å². The van der Waals surface area contributed by atoms with Gasteiger partial charge in [-0.3, -0.25) is 0 Å². The highest BCUT2D eigenvalue weighted by molar-refractivity contribution is 5.54. The van der Waals surface area contributed by atoms with Crippen molar-refractivity contribution < 1.29 is 4.74 Å². The van der Waals surface area contributed by atoms with Crippen molar-refractivity contribution in [2.45, 2.75) is 52.6 Å². The summed E-state index contributed by atoms with van der Waals surface area (Å²) in [4.78, 5) is 0. The van der Waals surface area contributed by atoms with E-state index in [1.165, 1.54) is 24.8 Å². The quantitative estimate of drug-likeness (QED) is 0.602. The van der Waals surface area contributed by atoms with Crippen molar-refractivity contribution in [2.75, 3.05) is 0 Å². The van der Waals surface area contributed by atoms with Gasteiger partial charge in [-0.05, 0) is 49.9 Å². The van der Waals surface area contributed by atoms with E-state index in [1.807, 2.05) is 12.1 Å². The number of benzene rings is 1. The highest BCUT2D eigenvalue weighted by atomic mass is 16.5. The largest absolute Gasteiger partial charge is 0.491 e. The molecule has 1 unspecified atom stereocenters. The van der Waals surface area contributed by atoms with Crippen LogP contribution >= 0.6 is 0 Å². The summed E-state index contributed by atoms with van der Waals surface area (Å²) in [6.07, 6.45) is 7.10. The first-order valence-corrected chi connectivity index (χ1v) is 6.57. The van der Waals surface area contributed by atoms with E-state index in [-0.39, 0.29) is 0 Å². The van der Waals surface area contributed by atoms with Gasteiger partial charge < -0.3 is 4.74 Å². The van der Waals surface area contributed by atoms with Gasteiger partial charge in [-0.2, -0.15) is 0 Å². The second-order valence-corrected chi connectivity index (χ2v) is 4.65. The molecule has 0 aliphatic heterocycles. The van der Waals surface area contributed by atoms with Gasteiger partial charge in [0.15, 0.2) is 0 Å². The standard InChI is InChI=1S/C16H24O/c1-5-7-8-9-14(4)17-16-11-10-13(3)15(6-2)12-16/h6,10-12,14H,2,5,7-9H2,1,3-4H3. The first-order valence-electron chi connectivity index (χ1n) is 6.57. The van der Waals surface area contributed by atoms with Crippen molar-refractivity contribution >= 4 is 6.08 Å². The summed E-state index contributed by atoms with van der Waals surface area (Å²) in [5.41, 5.74) is 2.40. The van der Waals surface area contributed by atoms with Crippen LogP contribution < -0.4 is 4.74 Å². The maximum absolute atomic E-state index is 5.91. The molecule has 0 spiro atoms. The van der Waals surface area contributed by atoms with Crippen LogP contribution in [-0.4, -0.2) is 6.10 Å². The minimum Gasteiger partial charge on any atom is -0.491 e. The molecule has 0 saturated heterocycles. The summed E-state index contributed by atoms with van der Waals surface area (Å²) < 4.78 is 5.91. The molecule has 0 radical (unpaired) electrons. The molecule has 0 saturated carbocycles. The lowest BCUT2D eigenvalue weighted by Gasteiger charge is -2.15. The number of ether oxygens (including phenoxy) is 1. The third kappa shape index (κ3) is 4.64. The lowest BCUT2D eigenvalue weighted by atomic mass is 10.1. The van der Waals surface area contributed by atoms with Crippen molar-refractivity contribution in [2.24, 2.45) is 0 Å². The second-order valence-electron chi connectivity index (χ2n) is 4.65. The number of aryl methyl sites for hydroxylation is 1. The van der Waals surface area contributed by atoms with Gasteiger partial charge in [-0.15, -0.1) is 0 Å². The molecule has 0 aliphatic rings. The molecule has 1 aromatic carbocycles. The van der Waals surface area contributed by atoms with Crippen LogP contribution in [0.15, 0.2) is 24.8 Å². The minimum absolute atomic E-state index is 0.293. The molecule has 94 valence electrons. The van der Waals surface area contributed by atoms with E-state index < -0.39 is 0 Å². The average Bonchev–Trinajstić information content (AvgIpc) is 2.32. The van der Waals surface area contributed by atoms with Gasteiger partial charge in [-0.25, -0.2) is 0 Å². The zero-order valence-electron chi connectivity index (χ0n) is 11.3. The van der Waals surface area contributed by atoms with Gasteiger partial charge in [0.25, 0.3) is 0 Å². The molecule has 1 rings (SSSR count). The van der Waals surface area contributed by atoms with Crippen LogP contribution in [0.1, 0.15) is 50.7 Å². The molecule has 0 bridgehead atoms. The average molecular weight is 232 g/mol. The molecule has 1 nitrogen and oxygen atoms in total. The lowest BCUT2D eigenvalue weighted by Crippen LogP contribution is -2.11. The summed E-state index contributed by atoms with van der Waals surface area (Å²) in [5, 5.41) is 0. The summed E-state index contributed by atoms with van der Waals surface area (Å²) >= 11 is 0. The van der Waals surface area contributed by atoms with Gasteiger partial charge in [0.2, 0.25) is 0 Å². The van der Waals surface area contributed by atoms with Gasteiger partial charge >= 0.3 is 0 Å². The Hall–Kier alpha value is -1.24. The fraction of sp³-hybridized carbons (Fsp3) is 0.500. The smallest absolute Gasteiger partial charge is 0.120 e. The van der Waals surface area contributed by atoms with Crippen molar-refractivity contribution in [3.05, 3.63) is 35.9 Å². The van der Waals surface area contributed by atoms with Crippen LogP contribution in [0.3, 0.4) is 0 Å². The fourth-order valence-electron chi connectivity index (χ4n) is 1.88. The van der Waals surface area contributed by atoms with Crippen LogP contribution in [0.2, 0.25) is 0 Å². The highest BCUT2D eigenvalue weighted by Gasteiger charge is 2.04. The molecule has 17 heavy (non-hydrogen) atoms. The predicted molar refractivity (Wildman–Crippen MR) is 75.5 cm³/mol. The molecule has 0 aromatic heterocycles. The number of hydrogen-bond donors (Lipinski definition) is 0. The Morgan fingerprint density at radius 3 is 2.76 bits per heavy atom. The monoisotopic (exact) mass is 232 g/mol. The Kier molecular flexibility index (Phi) is 5.82. The Balaban J connectivity index is 2.53. The maximum atomic E-state index is 5.91. The summed E-state index contributed by atoms with van der Waals surface area (Å²) in [5.74, 6) is 0.953. The van der Waals surface area contributed by atoms with E-state index in [4.69, 9.17) is 4.74 Å². The molecule has 1 aromatic rings. The number of hydrogen-bond acceptors (Lipinski definition) is 1. The first-order chi connectivity index (χ1) is 8.17. The van der Waals surface area contributed by atoms with Crippen molar-refractivity contribution in [3.63, 3.8) is 0 Å². The molecule has 1 atom stereocenters. The van der Waals surface area contributed by atoms with E-state index in [9.17, 15) is 0 Å². The zero-order chi connectivity index (χ0) is 12.7. The topological polar surface area (TPSA) is 9.23 Å². The molecular formula is C16H24O. The van der Waals surface area contributed by atoms with Crippen LogP contribution in [0.4, 0.5) is 0 Å². The summed E-state index contributed by atoms with van der Waals surface area (Å²) in [6.45, 7) is 10.3. The van der Waals surface area contributed by atoms with E-state index in [1.54, 1.807) is 0 Å². The first kappa shape index (κ1) is 13.8. The molecule has 0 aliphatic carbocycles. The summed E-state index contributed by atoms with van der Waals surface area (Å²) in [7, 11) is 0. The third-order valence-corrected chi connectivity index (χ3v) is 3.02. The van der Waals surface area contributed by atoms with Crippen LogP contribution in [-0.2, 0) is 0 Å². The Labute approximate surface area is 106 Å². The lowest BCUT2D eigenvalue weighted by molar-refractivity contribution is 0.206. The Morgan fingerprint density at radius 2 is 2.12 bits per heavy atom. The SMILES string of the molecule is C=Cc1cc(OC(C)CCCCC)ccc1C. The minimum atomic E-state index is 0.293. The highest BCUT2D eigenvalue weighted by Crippen LogP contribution is 2.20. The number of unbranched alkanes of at least 4 members (excludes halogenated alkanes) is 2. The van der Waals surface area contributed by atoms with Crippen LogP contribution in [0.25, 0.3) is 6.08 Å². The van der Waals surface area contributed by atoms with Crippen molar-refractivity contribution in [1.29, 1.82) is 0 Å². The third-order valence-electron chi connectivity index (χ3n) is 3.02. The molecular weight excluding hydrogens is 208 g/mol. The molecule has 0 amide bonds. The molecule has 0 N–H and O–H groups in total. The van der Waals surface area contributed by atoms with Gasteiger partial charge in [0, 0.05) is 0 Å². The van der Waals surface area contributed by atoms with Crippen molar-refractivity contribution in [3.8, 4) is 5.75 Å².